The molecule has 0 aliphatic heterocycles. The summed E-state index contributed by atoms with van der Waals surface area (Å²) in [7, 11) is 0. The summed E-state index contributed by atoms with van der Waals surface area (Å²) in [6.45, 7) is 5.95. The highest BCUT2D eigenvalue weighted by Gasteiger charge is 2.14. The molecule has 174 valence electrons. The van der Waals surface area contributed by atoms with Gasteiger partial charge in [-0.2, -0.15) is 0 Å². The van der Waals surface area contributed by atoms with Crippen LogP contribution in [0.25, 0.3) is 28.3 Å². The van der Waals surface area contributed by atoms with E-state index < -0.39 is 0 Å². The Balaban J connectivity index is 1.49. The van der Waals surface area contributed by atoms with Crippen molar-refractivity contribution in [1.29, 1.82) is 0 Å². The Morgan fingerprint density at radius 1 is 0.528 bits per heavy atom. The molecular formula is C35H29N. The highest BCUT2D eigenvalue weighted by molar-refractivity contribution is 5.83. The molecule has 0 bridgehead atoms. The van der Waals surface area contributed by atoms with E-state index in [9.17, 15) is 0 Å². The number of anilines is 3. The fourth-order valence-corrected chi connectivity index (χ4v) is 4.41. The third-order valence-corrected chi connectivity index (χ3v) is 6.33. The molecule has 0 N–H and O–H groups in total. The minimum absolute atomic E-state index is 1.11. The second-order valence-electron chi connectivity index (χ2n) is 8.81. The Morgan fingerprint density at radius 2 is 1.00 bits per heavy atom. The molecule has 0 atom stereocenters. The third-order valence-electron chi connectivity index (χ3n) is 6.33. The van der Waals surface area contributed by atoms with Crippen molar-refractivity contribution >= 4 is 23.1 Å². The van der Waals surface area contributed by atoms with Gasteiger partial charge in [-0.05, 0) is 65.1 Å². The van der Waals surface area contributed by atoms with Crippen molar-refractivity contribution in [3.05, 3.63) is 157 Å². The minimum atomic E-state index is 1.11. The maximum absolute atomic E-state index is 3.83. The predicted octanol–water partition coefficient (Wildman–Crippen LogP) is 10.00. The lowest BCUT2D eigenvalue weighted by Crippen LogP contribution is -2.11. The summed E-state index contributed by atoms with van der Waals surface area (Å²) in [6.07, 6.45) is 5.89. The fourth-order valence-electron chi connectivity index (χ4n) is 4.41. The fraction of sp³-hybridized carbons (Fsp3) is 0.0286. The Kier molecular flexibility index (Phi) is 6.91. The molecular weight excluding hydrogens is 434 g/mol. The van der Waals surface area contributed by atoms with Crippen molar-refractivity contribution in [3.63, 3.8) is 0 Å². The van der Waals surface area contributed by atoms with E-state index in [1.54, 1.807) is 0 Å². The van der Waals surface area contributed by atoms with Crippen LogP contribution in [0, 0.1) is 6.92 Å². The van der Waals surface area contributed by atoms with E-state index in [4.69, 9.17) is 0 Å². The van der Waals surface area contributed by atoms with Gasteiger partial charge in [-0.3, -0.25) is 0 Å². The van der Waals surface area contributed by atoms with Gasteiger partial charge < -0.3 is 4.90 Å². The van der Waals surface area contributed by atoms with Crippen LogP contribution in [0.4, 0.5) is 17.1 Å². The average Bonchev–Trinajstić information content (AvgIpc) is 2.94. The Labute approximate surface area is 214 Å². The lowest BCUT2D eigenvalue weighted by molar-refractivity contribution is 1.28. The van der Waals surface area contributed by atoms with E-state index >= 15 is 0 Å². The van der Waals surface area contributed by atoms with Gasteiger partial charge in [-0.25, -0.2) is 0 Å². The molecule has 0 amide bonds. The highest BCUT2D eigenvalue weighted by atomic mass is 15.1. The molecule has 0 heterocycles. The van der Waals surface area contributed by atoms with E-state index in [0.29, 0.717) is 0 Å². The van der Waals surface area contributed by atoms with Crippen LogP contribution < -0.4 is 4.90 Å². The van der Waals surface area contributed by atoms with E-state index in [-0.39, 0.29) is 0 Å². The minimum Gasteiger partial charge on any atom is -0.310 e. The molecule has 0 aliphatic rings. The number of benzene rings is 5. The molecule has 5 rings (SSSR count). The maximum atomic E-state index is 3.83. The number of hydrogen-bond acceptors (Lipinski definition) is 1. The monoisotopic (exact) mass is 463 g/mol. The molecule has 0 aromatic heterocycles. The van der Waals surface area contributed by atoms with Crippen molar-refractivity contribution in [1.82, 2.24) is 0 Å². The van der Waals surface area contributed by atoms with Crippen LogP contribution in [0.2, 0.25) is 0 Å². The summed E-state index contributed by atoms with van der Waals surface area (Å²) >= 11 is 0. The van der Waals surface area contributed by atoms with Crippen LogP contribution in [-0.2, 0) is 0 Å². The van der Waals surface area contributed by atoms with Gasteiger partial charge in [0.2, 0.25) is 0 Å². The molecule has 0 saturated heterocycles. The maximum Gasteiger partial charge on any atom is 0.0533 e. The van der Waals surface area contributed by atoms with Crippen molar-refractivity contribution < 1.29 is 0 Å². The molecule has 0 aliphatic carbocycles. The number of para-hydroxylation sites is 2. The molecule has 0 unspecified atom stereocenters. The summed E-state index contributed by atoms with van der Waals surface area (Å²) in [5, 5.41) is 0. The normalized spacial score (nSPS) is 10.9. The SMILES string of the molecule is C=C/C=C\c1ccccc1N(c1ccccc1)c1ccc(-c2ccc(-c3ccc(C)cc3)cc2)cc1. The third kappa shape index (κ3) is 5.06. The van der Waals surface area contributed by atoms with Crippen molar-refractivity contribution in [2.45, 2.75) is 6.92 Å². The van der Waals surface area contributed by atoms with Crippen LogP contribution in [0.1, 0.15) is 11.1 Å². The van der Waals surface area contributed by atoms with Gasteiger partial charge in [-0.1, -0.05) is 127 Å². The Morgan fingerprint density at radius 3 is 1.58 bits per heavy atom. The molecule has 36 heavy (non-hydrogen) atoms. The van der Waals surface area contributed by atoms with E-state index in [2.05, 4.69) is 152 Å². The van der Waals surface area contributed by atoms with Gasteiger partial charge in [0.05, 0.1) is 5.69 Å². The average molecular weight is 464 g/mol. The first kappa shape index (κ1) is 23.1. The number of allylic oxidation sites excluding steroid dienone is 2. The molecule has 0 radical (unpaired) electrons. The number of nitrogens with zero attached hydrogens (tertiary/aromatic N) is 1. The van der Waals surface area contributed by atoms with Gasteiger partial charge in [-0.15, -0.1) is 0 Å². The van der Waals surface area contributed by atoms with Gasteiger partial charge in [0, 0.05) is 11.4 Å². The number of rotatable bonds is 7. The molecule has 0 spiro atoms. The van der Waals surface area contributed by atoms with Crippen molar-refractivity contribution in [2.75, 3.05) is 4.90 Å². The first-order valence-electron chi connectivity index (χ1n) is 12.2. The molecule has 5 aromatic rings. The van der Waals surface area contributed by atoms with E-state index in [1.807, 2.05) is 12.2 Å². The summed E-state index contributed by atoms with van der Waals surface area (Å²) in [5.74, 6) is 0. The van der Waals surface area contributed by atoms with Crippen LogP contribution in [0.15, 0.2) is 146 Å². The lowest BCUT2D eigenvalue weighted by Gasteiger charge is -2.27. The first-order valence-corrected chi connectivity index (χ1v) is 12.2. The highest BCUT2D eigenvalue weighted by Crippen LogP contribution is 2.38. The lowest BCUT2D eigenvalue weighted by atomic mass is 9.99. The predicted molar refractivity (Wildman–Crippen MR) is 156 cm³/mol. The summed E-state index contributed by atoms with van der Waals surface area (Å²) in [6, 6.07) is 45.2. The zero-order valence-electron chi connectivity index (χ0n) is 20.5. The molecule has 1 heteroatoms. The number of aryl methyl sites for hydroxylation is 1. The standard InChI is InChI=1S/C35H29N/c1-3-4-10-32-11-8-9-14-35(32)36(33-12-6-5-7-13-33)34-25-23-31(24-26-34)30-21-19-29(20-22-30)28-17-15-27(2)16-18-28/h3-26H,1H2,2H3/b10-4-. The first-order chi connectivity index (χ1) is 17.7. The van der Waals surface area contributed by atoms with Gasteiger partial charge in [0.15, 0.2) is 0 Å². The molecule has 5 aromatic carbocycles. The summed E-state index contributed by atoms with van der Waals surface area (Å²) in [5.41, 5.74) is 10.6. The Hall–Kier alpha value is -4.62. The topological polar surface area (TPSA) is 3.24 Å². The number of hydrogen-bond donors (Lipinski definition) is 0. The zero-order valence-corrected chi connectivity index (χ0v) is 20.5. The van der Waals surface area contributed by atoms with Crippen LogP contribution in [0.3, 0.4) is 0 Å². The van der Waals surface area contributed by atoms with Crippen LogP contribution in [0.5, 0.6) is 0 Å². The Bertz CT molecular complexity index is 1460. The summed E-state index contributed by atoms with van der Waals surface area (Å²) in [4.78, 5) is 2.30. The van der Waals surface area contributed by atoms with Gasteiger partial charge in [0.25, 0.3) is 0 Å². The zero-order chi connectivity index (χ0) is 24.7. The van der Waals surface area contributed by atoms with E-state index in [1.165, 1.54) is 27.8 Å². The quantitative estimate of drug-likeness (QED) is 0.217. The van der Waals surface area contributed by atoms with Crippen LogP contribution in [-0.4, -0.2) is 0 Å². The van der Waals surface area contributed by atoms with Crippen molar-refractivity contribution in [2.24, 2.45) is 0 Å². The van der Waals surface area contributed by atoms with Gasteiger partial charge in [0.1, 0.15) is 0 Å². The summed E-state index contributed by atoms with van der Waals surface area (Å²) < 4.78 is 0. The smallest absolute Gasteiger partial charge is 0.0533 e. The van der Waals surface area contributed by atoms with Gasteiger partial charge >= 0.3 is 0 Å². The van der Waals surface area contributed by atoms with Crippen molar-refractivity contribution in [3.8, 4) is 22.3 Å². The molecule has 0 fully saturated rings. The van der Waals surface area contributed by atoms with E-state index in [0.717, 1.165) is 22.6 Å². The largest absolute Gasteiger partial charge is 0.310 e. The molecule has 1 nitrogen and oxygen atoms in total. The van der Waals surface area contributed by atoms with Crippen LogP contribution >= 0.6 is 0 Å². The molecule has 0 saturated carbocycles. The second kappa shape index (κ2) is 10.8. The second-order valence-corrected chi connectivity index (χ2v) is 8.81.